The van der Waals surface area contributed by atoms with Gasteiger partial charge in [-0.05, 0) is 63.4 Å². The van der Waals surface area contributed by atoms with Gasteiger partial charge in [0.1, 0.15) is 0 Å². The van der Waals surface area contributed by atoms with E-state index in [1.807, 2.05) is 12.1 Å². The van der Waals surface area contributed by atoms with Gasteiger partial charge in [-0.2, -0.15) is 5.26 Å². The van der Waals surface area contributed by atoms with Crippen molar-refractivity contribution in [3.63, 3.8) is 0 Å². The molecule has 4 heteroatoms. The van der Waals surface area contributed by atoms with E-state index in [9.17, 15) is 0 Å². The molecule has 0 radical (unpaired) electrons. The molecule has 0 spiro atoms. The number of nitrogens with zero attached hydrogens (tertiary/aromatic N) is 2. The number of nitriles is 1. The topological polar surface area (TPSA) is 39.1 Å². The van der Waals surface area contributed by atoms with E-state index in [1.165, 1.54) is 32.4 Å². The molecule has 1 aromatic rings. The maximum Gasteiger partial charge on any atom is 0.0992 e. The summed E-state index contributed by atoms with van der Waals surface area (Å²) in [7, 11) is 0. The molecule has 1 heterocycles. The maximum atomic E-state index is 8.88. The highest BCUT2D eigenvalue weighted by molar-refractivity contribution is 6.33. The summed E-state index contributed by atoms with van der Waals surface area (Å²) in [5.41, 5.74) is 1.53. The van der Waals surface area contributed by atoms with E-state index in [-0.39, 0.29) is 0 Å². The van der Waals surface area contributed by atoms with Gasteiger partial charge >= 0.3 is 0 Å². The quantitative estimate of drug-likeness (QED) is 0.889. The summed E-state index contributed by atoms with van der Waals surface area (Å²) in [5, 5.41) is 13.0. The van der Waals surface area contributed by atoms with Gasteiger partial charge in [0, 0.05) is 12.6 Å². The monoisotopic (exact) mass is 305 g/mol. The number of piperidine rings is 1. The van der Waals surface area contributed by atoms with Gasteiger partial charge in [0.15, 0.2) is 0 Å². The molecule has 0 aliphatic carbocycles. The Morgan fingerprint density at radius 1 is 1.52 bits per heavy atom. The third-order valence-corrected chi connectivity index (χ3v) is 4.58. The average molecular weight is 306 g/mol. The number of likely N-dealkylation sites (tertiary alicyclic amines) is 1. The van der Waals surface area contributed by atoms with Crippen LogP contribution in [0.4, 0.5) is 5.69 Å². The number of nitrogens with one attached hydrogen (secondary N) is 1. The van der Waals surface area contributed by atoms with E-state index in [4.69, 9.17) is 16.9 Å². The molecule has 0 bridgehead atoms. The Kier molecular flexibility index (Phi) is 5.90. The van der Waals surface area contributed by atoms with Gasteiger partial charge < -0.3 is 10.2 Å². The Bertz CT molecular complexity index is 507. The zero-order valence-electron chi connectivity index (χ0n) is 12.9. The number of halogens is 1. The summed E-state index contributed by atoms with van der Waals surface area (Å²) in [6.45, 7) is 8.06. The Balaban J connectivity index is 1.97. The van der Waals surface area contributed by atoms with Gasteiger partial charge in [0.25, 0.3) is 0 Å². The van der Waals surface area contributed by atoms with Crippen molar-refractivity contribution >= 4 is 17.3 Å². The smallest absolute Gasteiger partial charge is 0.0992 e. The summed E-state index contributed by atoms with van der Waals surface area (Å²) in [6.07, 6.45) is 3.76. The number of anilines is 1. The van der Waals surface area contributed by atoms with Crippen LogP contribution in [-0.4, -0.2) is 30.6 Å². The second kappa shape index (κ2) is 7.68. The van der Waals surface area contributed by atoms with Crippen LogP contribution in [0.1, 0.15) is 38.7 Å². The highest BCUT2D eigenvalue weighted by atomic mass is 35.5. The first kappa shape index (κ1) is 16.1. The van der Waals surface area contributed by atoms with E-state index in [2.05, 4.69) is 30.1 Å². The molecule has 3 nitrogen and oxygen atoms in total. The Morgan fingerprint density at radius 3 is 3.00 bits per heavy atom. The molecule has 0 aromatic heterocycles. The predicted octanol–water partition coefficient (Wildman–Crippen LogP) is 4.13. The van der Waals surface area contributed by atoms with Crippen LogP contribution in [0.15, 0.2) is 18.2 Å². The normalized spacial score (nSPS) is 20.8. The minimum Gasteiger partial charge on any atom is -0.381 e. The van der Waals surface area contributed by atoms with E-state index in [0.717, 1.165) is 12.2 Å². The number of hydrogen-bond acceptors (Lipinski definition) is 3. The summed E-state index contributed by atoms with van der Waals surface area (Å²) in [4.78, 5) is 2.56. The third-order valence-electron chi connectivity index (χ3n) is 4.27. The lowest BCUT2D eigenvalue weighted by Crippen LogP contribution is -2.42. The van der Waals surface area contributed by atoms with Crippen molar-refractivity contribution in [2.45, 2.75) is 39.2 Å². The van der Waals surface area contributed by atoms with E-state index < -0.39 is 0 Å². The molecule has 1 N–H and O–H groups in total. The fourth-order valence-corrected chi connectivity index (χ4v) is 3.32. The van der Waals surface area contributed by atoms with Crippen molar-refractivity contribution in [2.75, 3.05) is 25.0 Å². The van der Waals surface area contributed by atoms with Crippen LogP contribution in [0.5, 0.6) is 0 Å². The van der Waals surface area contributed by atoms with Crippen LogP contribution in [-0.2, 0) is 0 Å². The van der Waals surface area contributed by atoms with Crippen molar-refractivity contribution in [1.29, 1.82) is 5.26 Å². The molecular weight excluding hydrogens is 282 g/mol. The van der Waals surface area contributed by atoms with Gasteiger partial charge in [-0.15, -0.1) is 0 Å². The zero-order valence-corrected chi connectivity index (χ0v) is 13.7. The van der Waals surface area contributed by atoms with Gasteiger partial charge in [-0.25, -0.2) is 0 Å². The highest BCUT2D eigenvalue weighted by Gasteiger charge is 2.24. The third kappa shape index (κ3) is 4.36. The van der Waals surface area contributed by atoms with Gasteiger partial charge in [0.05, 0.1) is 22.3 Å². The van der Waals surface area contributed by atoms with Gasteiger partial charge in [-0.1, -0.05) is 18.5 Å². The molecular formula is C17H24ClN3. The Hall–Kier alpha value is -1.24. The summed E-state index contributed by atoms with van der Waals surface area (Å²) in [5.74, 6) is 0.650. The molecule has 2 unspecified atom stereocenters. The lowest BCUT2D eigenvalue weighted by Gasteiger charge is -2.36. The van der Waals surface area contributed by atoms with Crippen LogP contribution in [0.25, 0.3) is 0 Å². The maximum absolute atomic E-state index is 8.88. The SMILES string of the molecule is CCCN1CCCC(C(C)Nc2ccc(C#N)cc2Cl)C1. The minimum absolute atomic E-state index is 0.384. The Labute approximate surface area is 132 Å². The molecule has 21 heavy (non-hydrogen) atoms. The summed E-state index contributed by atoms with van der Waals surface area (Å²) in [6, 6.07) is 7.94. The lowest BCUT2D eigenvalue weighted by molar-refractivity contribution is 0.165. The van der Waals surface area contributed by atoms with Gasteiger partial charge in [-0.3, -0.25) is 0 Å². The Morgan fingerprint density at radius 2 is 2.33 bits per heavy atom. The second-order valence-electron chi connectivity index (χ2n) is 5.94. The molecule has 1 aliphatic heterocycles. The molecule has 2 atom stereocenters. The molecule has 1 saturated heterocycles. The van der Waals surface area contributed by atoms with Crippen LogP contribution < -0.4 is 5.32 Å². The second-order valence-corrected chi connectivity index (χ2v) is 6.35. The van der Waals surface area contributed by atoms with Crippen molar-refractivity contribution in [1.82, 2.24) is 4.90 Å². The highest BCUT2D eigenvalue weighted by Crippen LogP contribution is 2.27. The van der Waals surface area contributed by atoms with Crippen molar-refractivity contribution in [3.05, 3.63) is 28.8 Å². The van der Waals surface area contributed by atoms with Crippen molar-refractivity contribution in [2.24, 2.45) is 5.92 Å². The number of rotatable bonds is 5. The molecule has 0 saturated carbocycles. The fraction of sp³-hybridized carbons (Fsp3) is 0.588. The van der Waals surface area contributed by atoms with E-state index in [1.54, 1.807) is 6.07 Å². The first-order valence-electron chi connectivity index (χ1n) is 7.82. The van der Waals surface area contributed by atoms with Crippen LogP contribution >= 0.6 is 11.6 Å². The van der Waals surface area contributed by atoms with Crippen molar-refractivity contribution in [3.8, 4) is 6.07 Å². The van der Waals surface area contributed by atoms with Crippen LogP contribution in [0.2, 0.25) is 5.02 Å². The first-order valence-corrected chi connectivity index (χ1v) is 8.20. The van der Waals surface area contributed by atoms with Gasteiger partial charge in [0.2, 0.25) is 0 Å². The van der Waals surface area contributed by atoms with E-state index >= 15 is 0 Å². The molecule has 1 fully saturated rings. The van der Waals surface area contributed by atoms with Crippen LogP contribution in [0, 0.1) is 17.2 Å². The number of hydrogen-bond donors (Lipinski definition) is 1. The molecule has 1 aromatic carbocycles. The summed E-state index contributed by atoms with van der Waals surface area (Å²) >= 11 is 6.25. The fourth-order valence-electron chi connectivity index (χ4n) is 3.08. The van der Waals surface area contributed by atoms with E-state index in [0.29, 0.717) is 22.5 Å². The summed E-state index contributed by atoms with van der Waals surface area (Å²) < 4.78 is 0. The number of benzene rings is 1. The first-order chi connectivity index (χ1) is 10.1. The predicted molar refractivity (Wildman–Crippen MR) is 88.7 cm³/mol. The van der Waals surface area contributed by atoms with Crippen LogP contribution in [0.3, 0.4) is 0 Å². The molecule has 2 rings (SSSR count). The standard InChI is InChI=1S/C17H24ClN3/c1-3-8-21-9-4-5-15(12-21)13(2)20-17-7-6-14(11-19)10-16(17)18/h6-7,10,13,15,20H,3-5,8-9,12H2,1-2H3. The molecule has 0 amide bonds. The zero-order chi connectivity index (χ0) is 15.2. The minimum atomic E-state index is 0.384. The average Bonchev–Trinajstić information content (AvgIpc) is 2.50. The van der Waals surface area contributed by atoms with Crippen molar-refractivity contribution < 1.29 is 0 Å². The molecule has 1 aliphatic rings. The molecule has 114 valence electrons. The lowest BCUT2D eigenvalue weighted by atomic mass is 9.91. The largest absolute Gasteiger partial charge is 0.381 e.